The summed E-state index contributed by atoms with van der Waals surface area (Å²) in [6.45, 7) is 5.70. The van der Waals surface area contributed by atoms with Crippen molar-refractivity contribution >= 4 is 0 Å². The van der Waals surface area contributed by atoms with Gasteiger partial charge in [0.05, 0.1) is 17.3 Å². The highest BCUT2D eigenvalue weighted by Crippen LogP contribution is 2.33. The number of aryl methyl sites for hydroxylation is 1. The molecular weight excluding hydrogens is 318 g/mol. The minimum atomic E-state index is -0.856. The summed E-state index contributed by atoms with van der Waals surface area (Å²) in [5, 5.41) is 0. The number of hydrogen-bond donors (Lipinski definition) is 1. The summed E-state index contributed by atoms with van der Waals surface area (Å²) in [4.78, 5) is 4.61. The average Bonchev–Trinajstić information content (AvgIpc) is 2.58. The summed E-state index contributed by atoms with van der Waals surface area (Å²) in [7, 11) is 0. The zero-order chi connectivity index (χ0) is 18.0. The number of aromatic nitrogens is 1. The van der Waals surface area contributed by atoms with Gasteiger partial charge in [0.2, 0.25) is 0 Å². The predicted octanol–water partition coefficient (Wildman–Crippen LogP) is 4.94. The van der Waals surface area contributed by atoms with Gasteiger partial charge in [-0.1, -0.05) is 43.0 Å². The van der Waals surface area contributed by atoms with Crippen LogP contribution in [0.4, 0.5) is 8.78 Å². The number of allylic oxidation sites excluding steroid dienone is 1. The Morgan fingerprint density at radius 1 is 0.960 bits per heavy atom. The van der Waals surface area contributed by atoms with Crippen molar-refractivity contribution in [2.24, 2.45) is 5.73 Å². The van der Waals surface area contributed by atoms with Gasteiger partial charge < -0.3 is 5.73 Å². The van der Waals surface area contributed by atoms with Crippen molar-refractivity contribution < 1.29 is 8.78 Å². The number of hydrogen-bond acceptors (Lipinski definition) is 2. The van der Waals surface area contributed by atoms with Gasteiger partial charge in [0.25, 0.3) is 0 Å². The lowest BCUT2D eigenvalue weighted by molar-refractivity contribution is 0.548. The van der Waals surface area contributed by atoms with E-state index in [0.717, 1.165) is 16.8 Å². The van der Waals surface area contributed by atoms with E-state index in [1.165, 1.54) is 18.2 Å². The van der Waals surface area contributed by atoms with Crippen molar-refractivity contribution in [3.8, 4) is 11.3 Å². The van der Waals surface area contributed by atoms with Gasteiger partial charge in [-0.3, -0.25) is 4.98 Å². The molecule has 3 aromatic rings. The first kappa shape index (κ1) is 16.8. The fourth-order valence-corrected chi connectivity index (χ4v) is 2.93. The van der Waals surface area contributed by atoms with E-state index in [1.807, 2.05) is 37.3 Å². The first-order chi connectivity index (χ1) is 12.0. The second-order valence-corrected chi connectivity index (χ2v) is 5.91. The van der Waals surface area contributed by atoms with Gasteiger partial charge in [-0.2, -0.15) is 0 Å². The fourth-order valence-electron chi connectivity index (χ4n) is 2.93. The normalized spacial score (nSPS) is 12.0. The number of benzene rings is 2. The summed E-state index contributed by atoms with van der Waals surface area (Å²) in [5.74, 6) is -2.19. The van der Waals surface area contributed by atoms with E-state index in [1.54, 1.807) is 12.1 Å². The lowest BCUT2D eigenvalue weighted by atomic mass is 9.91. The molecule has 3 rings (SSSR count). The average molecular weight is 336 g/mol. The summed E-state index contributed by atoms with van der Waals surface area (Å²) in [5.41, 5.74) is 9.09. The van der Waals surface area contributed by atoms with Crippen LogP contribution < -0.4 is 5.73 Å². The molecule has 2 aromatic carbocycles. The molecule has 0 saturated carbocycles. The van der Waals surface area contributed by atoms with E-state index in [4.69, 9.17) is 5.73 Å². The smallest absolute Gasteiger partial charge is 0.130 e. The van der Waals surface area contributed by atoms with Crippen LogP contribution in [0.1, 0.15) is 22.7 Å². The van der Waals surface area contributed by atoms with Crippen LogP contribution in [0.3, 0.4) is 0 Å². The zero-order valence-electron chi connectivity index (χ0n) is 13.8. The molecule has 1 heterocycles. The molecule has 2 nitrogen and oxygen atoms in total. The Bertz CT molecular complexity index is 914. The number of nitrogens with two attached hydrogens (primary N) is 1. The molecule has 0 aliphatic rings. The first-order valence-corrected chi connectivity index (χ1v) is 7.90. The van der Waals surface area contributed by atoms with Crippen LogP contribution in [-0.2, 0) is 0 Å². The molecule has 0 aliphatic carbocycles. The Morgan fingerprint density at radius 2 is 1.60 bits per heavy atom. The van der Waals surface area contributed by atoms with Crippen molar-refractivity contribution in [3.05, 3.63) is 101 Å². The molecule has 0 bridgehead atoms. The van der Waals surface area contributed by atoms with Gasteiger partial charge in [0.1, 0.15) is 11.6 Å². The topological polar surface area (TPSA) is 38.9 Å². The monoisotopic (exact) mass is 336 g/mol. The number of halogens is 2. The molecule has 1 unspecified atom stereocenters. The Kier molecular flexibility index (Phi) is 4.61. The number of pyridine rings is 1. The SMILES string of the molecule is C=C(N)C(c1cccc(-c2ccccc2C)n1)c1c(F)cccc1F. The quantitative estimate of drug-likeness (QED) is 0.733. The zero-order valence-corrected chi connectivity index (χ0v) is 13.8. The van der Waals surface area contributed by atoms with Crippen molar-refractivity contribution in [2.45, 2.75) is 12.8 Å². The summed E-state index contributed by atoms with van der Waals surface area (Å²) in [6.07, 6.45) is 0. The van der Waals surface area contributed by atoms with Crippen LogP contribution in [-0.4, -0.2) is 4.98 Å². The van der Waals surface area contributed by atoms with Gasteiger partial charge >= 0.3 is 0 Å². The van der Waals surface area contributed by atoms with Crippen LogP contribution in [0.2, 0.25) is 0 Å². The van der Waals surface area contributed by atoms with Crippen molar-refractivity contribution in [1.82, 2.24) is 4.98 Å². The predicted molar refractivity (Wildman–Crippen MR) is 95.9 cm³/mol. The Labute approximate surface area is 145 Å². The lowest BCUT2D eigenvalue weighted by Crippen LogP contribution is -2.15. The molecule has 1 atom stereocenters. The Hall–Kier alpha value is -3.01. The molecule has 2 N–H and O–H groups in total. The molecule has 0 fully saturated rings. The van der Waals surface area contributed by atoms with Crippen LogP contribution in [0.5, 0.6) is 0 Å². The minimum absolute atomic E-state index is 0.135. The van der Waals surface area contributed by atoms with E-state index in [9.17, 15) is 8.78 Å². The summed E-state index contributed by atoms with van der Waals surface area (Å²) in [6, 6.07) is 16.9. The van der Waals surface area contributed by atoms with Crippen LogP contribution >= 0.6 is 0 Å². The van der Waals surface area contributed by atoms with Gasteiger partial charge in [-0.05, 0) is 36.8 Å². The van der Waals surface area contributed by atoms with Crippen LogP contribution in [0.15, 0.2) is 72.9 Å². The summed E-state index contributed by atoms with van der Waals surface area (Å²) < 4.78 is 28.5. The summed E-state index contributed by atoms with van der Waals surface area (Å²) >= 11 is 0. The van der Waals surface area contributed by atoms with Gasteiger partial charge in [-0.25, -0.2) is 8.78 Å². The number of nitrogens with zero attached hydrogens (tertiary/aromatic N) is 1. The molecule has 4 heteroatoms. The van der Waals surface area contributed by atoms with Crippen LogP contribution in [0.25, 0.3) is 11.3 Å². The third kappa shape index (κ3) is 3.29. The van der Waals surface area contributed by atoms with E-state index < -0.39 is 17.6 Å². The fraction of sp³-hybridized carbons (Fsp3) is 0.0952. The largest absolute Gasteiger partial charge is 0.402 e. The van der Waals surface area contributed by atoms with Crippen molar-refractivity contribution in [1.29, 1.82) is 0 Å². The van der Waals surface area contributed by atoms with E-state index in [0.29, 0.717) is 5.69 Å². The van der Waals surface area contributed by atoms with E-state index >= 15 is 0 Å². The highest BCUT2D eigenvalue weighted by Gasteiger charge is 2.25. The second-order valence-electron chi connectivity index (χ2n) is 5.91. The van der Waals surface area contributed by atoms with Crippen molar-refractivity contribution in [2.75, 3.05) is 0 Å². The molecule has 25 heavy (non-hydrogen) atoms. The highest BCUT2D eigenvalue weighted by molar-refractivity contribution is 5.63. The second kappa shape index (κ2) is 6.85. The van der Waals surface area contributed by atoms with Crippen LogP contribution in [0, 0.1) is 18.6 Å². The van der Waals surface area contributed by atoms with Crippen molar-refractivity contribution in [3.63, 3.8) is 0 Å². The maximum Gasteiger partial charge on any atom is 0.130 e. The van der Waals surface area contributed by atoms with E-state index in [2.05, 4.69) is 11.6 Å². The standard InChI is InChI=1S/C21H18F2N2/c1-13-7-3-4-8-15(13)18-11-6-12-19(25-18)20(14(2)24)21-16(22)9-5-10-17(21)23/h3-12,20H,2,24H2,1H3. The highest BCUT2D eigenvalue weighted by atomic mass is 19.1. The molecule has 0 radical (unpaired) electrons. The van der Waals surface area contributed by atoms with Gasteiger partial charge in [-0.15, -0.1) is 0 Å². The molecule has 0 saturated heterocycles. The third-order valence-corrected chi connectivity index (χ3v) is 4.15. The first-order valence-electron chi connectivity index (χ1n) is 7.90. The Morgan fingerprint density at radius 3 is 2.24 bits per heavy atom. The molecule has 0 spiro atoms. The minimum Gasteiger partial charge on any atom is -0.402 e. The van der Waals surface area contributed by atoms with Gasteiger partial charge in [0.15, 0.2) is 0 Å². The van der Waals surface area contributed by atoms with E-state index in [-0.39, 0.29) is 11.3 Å². The Balaban J connectivity index is 2.15. The van der Waals surface area contributed by atoms with Gasteiger partial charge in [0, 0.05) is 16.8 Å². The lowest BCUT2D eigenvalue weighted by Gasteiger charge is -2.19. The molecular formula is C21H18F2N2. The molecule has 126 valence electrons. The third-order valence-electron chi connectivity index (χ3n) is 4.15. The maximum atomic E-state index is 14.3. The molecule has 1 aromatic heterocycles. The molecule has 0 amide bonds. The maximum absolute atomic E-state index is 14.3. The molecule has 0 aliphatic heterocycles. The number of rotatable bonds is 4.